The molecule has 1 heterocycles. The molecule has 0 atom stereocenters. The van der Waals surface area contributed by atoms with Gasteiger partial charge in [0.1, 0.15) is 0 Å². The van der Waals surface area contributed by atoms with E-state index in [1.54, 1.807) is 48.5 Å². The Bertz CT molecular complexity index is 934. The van der Waals surface area contributed by atoms with Crippen molar-refractivity contribution in [2.24, 2.45) is 0 Å². The van der Waals surface area contributed by atoms with Crippen LogP contribution in [0.3, 0.4) is 0 Å². The highest BCUT2D eigenvalue weighted by atomic mass is 35.5. The van der Waals surface area contributed by atoms with E-state index in [-0.39, 0.29) is 17.8 Å². The lowest BCUT2D eigenvalue weighted by molar-refractivity contribution is 0.0690. The second-order valence-electron chi connectivity index (χ2n) is 4.75. The third-order valence-corrected chi connectivity index (χ3v) is 3.72. The van der Waals surface area contributed by atoms with E-state index in [4.69, 9.17) is 11.6 Å². The zero-order chi connectivity index (χ0) is 15.7. The monoisotopic (exact) mass is 314 g/mol. The second-order valence-corrected chi connectivity index (χ2v) is 5.16. The number of benzene rings is 2. The molecular formula is C16H11ClN2O3. The molecule has 3 aromatic rings. The summed E-state index contributed by atoms with van der Waals surface area (Å²) in [5.41, 5.74) is 0.202. The first-order valence-electron chi connectivity index (χ1n) is 6.54. The van der Waals surface area contributed by atoms with Gasteiger partial charge in [-0.2, -0.15) is 5.10 Å². The van der Waals surface area contributed by atoms with Crippen molar-refractivity contribution in [2.75, 3.05) is 0 Å². The summed E-state index contributed by atoms with van der Waals surface area (Å²) in [5, 5.41) is 14.4. The highest BCUT2D eigenvalue weighted by Crippen LogP contribution is 2.17. The van der Waals surface area contributed by atoms with Gasteiger partial charge in [0, 0.05) is 10.4 Å². The Morgan fingerprint density at radius 1 is 1.09 bits per heavy atom. The van der Waals surface area contributed by atoms with Crippen LogP contribution >= 0.6 is 11.6 Å². The molecule has 0 aliphatic carbocycles. The zero-order valence-corrected chi connectivity index (χ0v) is 12.1. The van der Waals surface area contributed by atoms with Crippen molar-refractivity contribution in [2.45, 2.75) is 6.54 Å². The van der Waals surface area contributed by atoms with Crippen LogP contribution in [0.5, 0.6) is 0 Å². The van der Waals surface area contributed by atoms with Crippen LogP contribution in [-0.4, -0.2) is 20.9 Å². The maximum absolute atomic E-state index is 12.5. The normalized spacial score (nSPS) is 10.8. The summed E-state index contributed by atoms with van der Waals surface area (Å²) in [5.74, 6) is -1.18. The Balaban J connectivity index is 2.22. The summed E-state index contributed by atoms with van der Waals surface area (Å²) < 4.78 is 1.13. The number of carbonyl (C=O) groups is 1. The van der Waals surface area contributed by atoms with E-state index in [9.17, 15) is 14.7 Å². The van der Waals surface area contributed by atoms with E-state index in [0.29, 0.717) is 21.4 Å². The second kappa shape index (κ2) is 5.61. The fourth-order valence-corrected chi connectivity index (χ4v) is 2.48. The van der Waals surface area contributed by atoms with Gasteiger partial charge in [-0.25, -0.2) is 9.48 Å². The molecule has 110 valence electrons. The van der Waals surface area contributed by atoms with Gasteiger partial charge in [0.25, 0.3) is 5.56 Å². The highest BCUT2D eigenvalue weighted by Gasteiger charge is 2.16. The molecule has 5 nitrogen and oxygen atoms in total. The van der Waals surface area contributed by atoms with E-state index >= 15 is 0 Å². The topological polar surface area (TPSA) is 72.2 Å². The Morgan fingerprint density at radius 3 is 2.41 bits per heavy atom. The minimum absolute atomic E-state index is 0.115. The van der Waals surface area contributed by atoms with E-state index in [2.05, 4.69) is 5.10 Å². The van der Waals surface area contributed by atoms with Gasteiger partial charge < -0.3 is 5.11 Å². The zero-order valence-electron chi connectivity index (χ0n) is 11.4. The van der Waals surface area contributed by atoms with Gasteiger partial charge in [-0.3, -0.25) is 4.79 Å². The summed E-state index contributed by atoms with van der Waals surface area (Å²) in [7, 11) is 0. The molecule has 0 amide bonds. The Kier molecular flexibility index (Phi) is 3.65. The van der Waals surface area contributed by atoms with E-state index in [0.717, 1.165) is 4.68 Å². The fraction of sp³-hybridized carbons (Fsp3) is 0.0625. The van der Waals surface area contributed by atoms with Gasteiger partial charge in [0.2, 0.25) is 0 Å². The number of rotatable bonds is 3. The first-order valence-corrected chi connectivity index (χ1v) is 6.92. The number of aromatic nitrogens is 2. The summed E-state index contributed by atoms with van der Waals surface area (Å²) in [6.07, 6.45) is 0. The standard InChI is InChI=1S/C16H11ClN2O3/c17-13-8-4-1-5-10(13)9-19-15(20)12-7-3-2-6-11(12)14(18-19)16(21)22/h1-8H,9H2,(H,21,22). The van der Waals surface area contributed by atoms with Crippen molar-refractivity contribution in [1.82, 2.24) is 9.78 Å². The van der Waals surface area contributed by atoms with Crippen LogP contribution < -0.4 is 5.56 Å². The molecule has 1 aromatic heterocycles. The maximum atomic E-state index is 12.5. The first-order chi connectivity index (χ1) is 10.6. The molecule has 0 aliphatic heterocycles. The summed E-state index contributed by atoms with van der Waals surface area (Å²) in [6.45, 7) is 0.115. The van der Waals surface area contributed by atoms with Gasteiger partial charge in [0.05, 0.1) is 11.9 Å². The molecule has 0 saturated heterocycles. The molecule has 6 heteroatoms. The van der Waals surface area contributed by atoms with Crippen LogP contribution in [-0.2, 0) is 6.54 Å². The SMILES string of the molecule is O=C(O)c1nn(Cc2ccccc2Cl)c(=O)c2ccccc12. The lowest BCUT2D eigenvalue weighted by atomic mass is 10.1. The minimum Gasteiger partial charge on any atom is -0.476 e. The molecule has 0 radical (unpaired) electrons. The summed E-state index contributed by atoms with van der Waals surface area (Å²) in [6, 6.07) is 13.6. The van der Waals surface area contributed by atoms with Crippen LogP contribution in [0.4, 0.5) is 0 Å². The number of fused-ring (bicyclic) bond motifs is 1. The van der Waals surface area contributed by atoms with Crippen molar-refractivity contribution in [3.63, 3.8) is 0 Å². The number of halogens is 1. The molecule has 3 rings (SSSR count). The molecule has 0 bridgehead atoms. The predicted molar refractivity (Wildman–Crippen MR) is 83.5 cm³/mol. The van der Waals surface area contributed by atoms with Crippen molar-refractivity contribution >= 4 is 28.3 Å². The number of nitrogens with zero attached hydrogens (tertiary/aromatic N) is 2. The number of hydrogen-bond donors (Lipinski definition) is 1. The summed E-state index contributed by atoms with van der Waals surface area (Å²) >= 11 is 6.09. The molecule has 0 spiro atoms. The molecular weight excluding hydrogens is 304 g/mol. The summed E-state index contributed by atoms with van der Waals surface area (Å²) in [4.78, 5) is 23.9. The predicted octanol–water partition coefficient (Wildman–Crippen LogP) is 2.80. The molecule has 0 saturated carbocycles. The highest BCUT2D eigenvalue weighted by molar-refractivity contribution is 6.31. The van der Waals surface area contributed by atoms with Crippen molar-refractivity contribution in [3.05, 3.63) is 75.2 Å². The van der Waals surface area contributed by atoms with E-state index in [1.807, 2.05) is 0 Å². The first kappa shape index (κ1) is 14.3. The Hall–Kier alpha value is -2.66. The van der Waals surface area contributed by atoms with Crippen molar-refractivity contribution in [1.29, 1.82) is 0 Å². The average molecular weight is 315 g/mol. The third-order valence-electron chi connectivity index (χ3n) is 3.35. The van der Waals surface area contributed by atoms with Gasteiger partial charge in [0.15, 0.2) is 5.69 Å². The number of hydrogen-bond acceptors (Lipinski definition) is 3. The van der Waals surface area contributed by atoms with E-state index in [1.165, 1.54) is 0 Å². The largest absolute Gasteiger partial charge is 0.476 e. The molecule has 0 unspecified atom stereocenters. The quantitative estimate of drug-likeness (QED) is 0.807. The molecule has 22 heavy (non-hydrogen) atoms. The minimum atomic E-state index is -1.18. The Morgan fingerprint density at radius 2 is 1.73 bits per heavy atom. The number of carboxylic acids is 1. The number of carboxylic acid groups (broad SMARTS) is 1. The molecule has 1 N–H and O–H groups in total. The lowest BCUT2D eigenvalue weighted by Crippen LogP contribution is -2.26. The lowest BCUT2D eigenvalue weighted by Gasteiger charge is -2.09. The molecule has 2 aromatic carbocycles. The smallest absolute Gasteiger partial charge is 0.357 e. The van der Waals surface area contributed by atoms with Crippen molar-refractivity contribution in [3.8, 4) is 0 Å². The van der Waals surface area contributed by atoms with Gasteiger partial charge in [-0.05, 0) is 17.7 Å². The van der Waals surface area contributed by atoms with E-state index < -0.39 is 5.97 Å². The van der Waals surface area contributed by atoms with Gasteiger partial charge in [-0.15, -0.1) is 0 Å². The molecule has 0 fully saturated rings. The fourth-order valence-electron chi connectivity index (χ4n) is 2.29. The van der Waals surface area contributed by atoms with Crippen LogP contribution in [0.2, 0.25) is 5.02 Å². The van der Waals surface area contributed by atoms with Crippen LogP contribution in [0.25, 0.3) is 10.8 Å². The van der Waals surface area contributed by atoms with Gasteiger partial charge in [-0.1, -0.05) is 48.0 Å². The molecule has 0 aliphatic rings. The van der Waals surface area contributed by atoms with Crippen LogP contribution in [0.15, 0.2) is 53.3 Å². The third kappa shape index (κ3) is 2.46. The van der Waals surface area contributed by atoms with Gasteiger partial charge >= 0.3 is 5.97 Å². The average Bonchev–Trinajstić information content (AvgIpc) is 2.52. The van der Waals surface area contributed by atoms with Crippen LogP contribution in [0, 0.1) is 0 Å². The Labute approximate surface area is 130 Å². The number of aromatic carboxylic acids is 1. The van der Waals surface area contributed by atoms with Crippen LogP contribution in [0.1, 0.15) is 16.1 Å². The maximum Gasteiger partial charge on any atom is 0.357 e. The van der Waals surface area contributed by atoms with Crippen molar-refractivity contribution < 1.29 is 9.90 Å².